The maximum Gasteiger partial charge on any atom is 0.410 e. The summed E-state index contributed by atoms with van der Waals surface area (Å²) in [6, 6.07) is 3.15. The lowest BCUT2D eigenvalue weighted by Gasteiger charge is -2.34. The van der Waals surface area contributed by atoms with Crippen LogP contribution in [0.5, 0.6) is 0 Å². The van der Waals surface area contributed by atoms with Crippen LogP contribution in [-0.4, -0.2) is 39.2 Å². The van der Waals surface area contributed by atoms with Crippen LogP contribution in [0.1, 0.15) is 39.7 Å². The Morgan fingerprint density at radius 3 is 2.48 bits per heavy atom. The van der Waals surface area contributed by atoms with Crippen molar-refractivity contribution in [1.29, 1.82) is 0 Å². The normalized spacial score (nSPS) is 16.0. The summed E-state index contributed by atoms with van der Waals surface area (Å²) < 4.78 is 7.54. The number of nitrogens with one attached hydrogen (secondary N) is 1. The van der Waals surface area contributed by atoms with E-state index in [9.17, 15) is 14.4 Å². The molecule has 0 aliphatic carbocycles. The highest BCUT2D eigenvalue weighted by Gasteiger charge is 2.29. The van der Waals surface area contributed by atoms with Crippen molar-refractivity contribution in [1.82, 2.24) is 14.5 Å². The molecule has 1 fully saturated rings. The molecule has 2 heterocycles. The molecule has 0 radical (unpaired) electrons. The van der Waals surface area contributed by atoms with E-state index in [2.05, 4.69) is 20.9 Å². The van der Waals surface area contributed by atoms with Gasteiger partial charge in [-0.1, -0.05) is 11.6 Å². The zero-order valence-corrected chi connectivity index (χ0v) is 17.7. The molecule has 1 aromatic carbocycles. The average molecular weight is 459 g/mol. The summed E-state index contributed by atoms with van der Waals surface area (Å²) >= 11 is 9.52. The number of H-pyrrole nitrogens is 1. The summed E-state index contributed by atoms with van der Waals surface area (Å²) in [4.78, 5) is 41.1. The molecule has 2 aromatic rings. The largest absolute Gasteiger partial charge is 0.444 e. The Labute approximate surface area is 169 Å². The first-order chi connectivity index (χ1) is 12.6. The van der Waals surface area contributed by atoms with Crippen molar-refractivity contribution in [2.75, 3.05) is 13.1 Å². The van der Waals surface area contributed by atoms with Gasteiger partial charge in [0.1, 0.15) is 5.60 Å². The number of aromatic nitrogens is 2. The molecule has 0 bridgehead atoms. The fourth-order valence-electron chi connectivity index (χ4n) is 3.23. The van der Waals surface area contributed by atoms with E-state index in [1.54, 1.807) is 17.0 Å². The van der Waals surface area contributed by atoms with E-state index in [4.69, 9.17) is 16.3 Å². The fourth-order valence-corrected chi connectivity index (χ4v) is 3.73. The fraction of sp³-hybridized carbons (Fsp3) is 0.500. The number of hydrogen-bond donors (Lipinski definition) is 1. The highest BCUT2D eigenvalue weighted by molar-refractivity contribution is 9.10. The summed E-state index contributed by atoms with van der Waals surface area (Å²) in [7, 11) is 0. The standard InChI is InChI=1S/C18H21BrClN3O4/c1-18(2,3)27-17(26)22-6-4-10(5-7-22)23-14-9-12(20)11(19)8-13(14)21-15(24)16(23)25/h8-10H,4-7H2,1-3H3,(H,21,24). The number of ether oxygens (including phenoxy) is 1. The van der Waals surface area contributed by atoms with Gasteiger partial charge in [-0.2, -0.15) is 0 Å². The monoisotopic (exact) mass is 457 g/mol. The molecule has 0 atom stereocenters. The van der Waals surface area contributed by atoms with Crippen molar-refractivity contribution in [2.45, 2.75) is 45.3 Å². The van der Waals surface area contributed by atoms with Crippen LogP contribution in [0.4, 0.5) is 4.79 Å². The molecule has 1 saturated heterocycles. The van der Waals surface area contributed by atoms with Crippen molar-refractivity contribution < 1.29 is 9.53 Å². The molecule has 7 nitrogen and oxygen atoms in total. The molecule has 1 N–H and O–H groups in total. The van der Waals surface area contributed by atoms with Gasteiger partial charge in [0.05, 0.1) is 16.1 Å². The van der Waals surface area contributed by atoms with E-state index < -0.39 is 16.7 Å². The van der Waals surface area contributed by atoms with Crippen LogP contribution in [0, 0.1) is 0 Å². The maximum absolute atomic E-state index is 12.5. The molecule has 27 heavy (non-hydrogen) atoms. The molecular formula is C18H21BrClN3O4. The van der Waals surface area contributed by atoms with Crippen LogP contribution in [0.2, 0.25) is 5.02 Å². The van der Waals surface area contributed by atoms with Crippen LogP contribution in [0.15, 0.2) is 26.2 Å². The summed E-state index contributed by atoms with van der Waals surface area (Å²) in [6.07, 6.45) is 0.729. The van der Waals surface area contributed by atoms with Gasteiger partial charge in [-0.3, -0.25) is 14.2 Å². The predicted molar refractivity (Wildman–Crippen MR) is 108 cm³/mol. The van der Waals surface area contributed by atoms with E-state index in [1.165, 1.54) is 4.57 Å². The molecule has 1 amide bonds. The van der Waals surface area contributed by atoms with Gasteiger partial charge in [0.25, 0.3) is 0 Å². The number of carbonyl (C=O) groups excluding carboxylic acids is 1. The zero-order valence-electron chi connectivity index (χ0n) is 15.3. The smallest absolute Gasteiger partial charge is 0.410 e. The van der Waals surface area contributed by atoms with Gasteiger partial charge in [0.15, 0.2) is 0 Å². The Morgan fingerprint density at radius 2 is 1.89 bits per heavy atom. The third kappa shape index (κ3) is 4.21. The summed E-state index contributed by atoms with van der Waals surface area (Å²) in [5.74, 6) is 0. The highest BCUT2D eigenvalue weighted by Crippen LogP contribution is 2.30. The molecule has 0 unspecified atom stereocenters. The second kappa shape index (κ2) is 7.31. The number of carbonyl (C=O) groups is 1. The number of piperidine rings is 1. The van der Waals surface area contributed by atoms with Crippen LogP contribution in [0.25, 0.3) is 11.0 Å². The lowest BCUT2D eigenvalue weighted by Crippen LogP contribution is -2.45. The molecule has 1 aliphatic rings. The van der Waals surface area contributed by atoms with Crippen LogP contribution >= 0.6 is 27.5 Å². The average Bonchev–Trinajstić information content (AvgIpc) is 2.57. The molecule has 146 valence electrons. The second-order valence-electron chi connectivity index (χ2n) is 7.61. The predicted octanol–water partition coefficient (Wildman–Crippen LogP) is 3.68. The Balaban J connectivity index is 1.90. The lowest BCUT2D eigenvalue weighted by atomic mass is 10.0. The van der Waals surface area contributed by atoms with Gasteiger partial charge >= 0.3 is 17.2 Å². The number of halogens is 2. The van der Waals surface area contributed by atoms with Crippen molar-refractivity contribution in [3.05, 3.63) is 42.3 Å². The van der Waals surface area contributed by atoms with E-state index in [0.717, 1.165) is 0 Å². The number of hydrogen-bond acceptors (Lipinski definition) is 4. The van der Waals surface area contributed by atoms with Crippen molar-refractivity contribution in [2.24, 2.45) is 0 Å². The number of fused-ring (bicyclic) bond motifs is 1. The third-order valence-electron chi connectivity index (χ3n) is 4.44. The Hall–Kier alpha value is -1.80. The summed E-state index contributed by atoms with van der Waals surface area (Å²) in [6.45, 7) is 6.36. The first-order valence-electron chi connectivity index (χ1n) is 8.68. The molecule has 3 rings (SSSR count). The number of aromatic amines is 1. The number of amides is 1. The van der Waals surface area contributed by atoms with Crippen molar-refractivity contribution in [3.63, 3.8) is 0 Å². The minimum absolute atomic E-state index is 0.196. The summed E-state index contributed by atoms with van der Waals surface area (Å²) in [5.41, 5.74) is -0.741. The number of nitrogens with zero attached hydrogens (tertiary/aromatic N) is 2. The van der Waals surface area contributed by atoms with E-state index in [-0.39, 0.29) is 12.1 Å². The SMILES string of the molecule is CC(C)(C)OC(=O)N1CCC(n2c(=O)c(=O)[nH]c3cc(Br)c(Cl)cc32)CC1. The van der Waals surface area contributed by atoms with E-state index in [0.29, 0.717) is 46.5 Å². The Morgan fingerprint density at radius 1 is 1.26 bits per heavy atom. The molecular weight excluding hydrogens is 438 g/mol. The maximum atomic E-state index is 12.5. The highest BCUT2D eigenvalue weighted by atomic mass is 79.9. The molecule has 0 saturated carbocycles. The van der Waals surface area contributed by atoms with Crippen LogP contribution < -0.4 is 11.1 Å². The van der Waals surface area contributed by atoms with E-state index in [1.807, 2.05) is 20.8 Å². The number of benzene rings is 1. The quantitative estimate of drug-likeness (QED) is 0.661. The molecule has 9 heteroatoms. The van der Waals surface area contributed by atoms with Gasteiger partial charge in [0, 0.05) is 23.6 Å². The topological polar surface area (TPSA) is 84.4 Å². The molecule has 0 spiro atoms. The van der Waals surface area contributed by atoms with Gasteiger partial charge in [-0.15, -0.1) is 0 Å². The molecule has 1 aliphatic heterocycles. The minimum atomic E-state index is -0.675. The Bertz CT molecular complexity index is 1000. The first-order valence-corrected chi connectivity index (χ1v) is 9.85. The lowest BCUT2D eigenvalue weighted by molar-refractivity contribution is 0.0188. The minimum Gasteiger partial charge on any atom is -0.444 e. The van der Waals surface area contributed by atoms with Crippen LogP contribution in [-0.2, 0) is 4.74 Å². The van der Waals surface area contributed by atoms with Gasteiger partial charge in [-0.25, -0.2) is 4.79 Å². The Kier molecular flexibility index (Phi) is 5.40. The first kappa shape index (κ1) is 19.9. The van der Waals surface area contributed by atoms with Gasteiger partial charge in [0.2, 0.25) is 0 Å². The van der Waals surface area contributed by atoms with Gasteiger partial charge < -0.3 is 14.6 Å². The summed E-state index contributed by atoms with van der Waals surface area (Å²) in [5, 5.41) is 0.453. The third-order valence-corrected chi connectivity index (χ3v) is 5.64. The van der Waals surface area contributed by atoms with Crippen molar-refractivity contribution >= 4 is 44.7 Å². The zero-order chi connectivity index (χ0) is 19.9. The number of rotatable bonds is 1. The van der Waals surface area contributed by atoms with Crippen molar-refractivity contribution in [3.8, 4) is 0 Å². The van der Waals surface area contributed by atoms with E-state index >= 15 is 0 Å². The van der Waals surface area contributed by atoms with Crippen LogP contribution in [0.3, 0.4) is 0 Å². The second-order valence-corrected chi connectivity index (χ2v) is 8.87. The van der Waals surface area contributed by atoms with Gasteiger partial charge in [-0.05, 0) is 61.7 Å². The molecule has 1 aromatic heterocycles. The number of likely N-dealkylation sites (tertiary alicyclic amines) is 1.